The molecule has 0 aromatic carbocycles. The molecule has 0 saturated carbocycles. The molecule has 0 fully saturated rings. The Morgan fingerprint density at radius 3 is 2.60 bits per heavy atom. The number of esters is 1. The van der Waals surface area contributed by atoms with Crippen LogP contribution < -0.4 is 0 Å². The smallest absolute Gasteiger partial charge is 0.305 e. The van der Waals surface area contributed by atoms with Crippen molar-refractivity contribution < 1.29 is 19.1 Å². The molecule has 4 nitrogen and oxygen atoms in total. The minimum Gasteiger partial charge on any atom is -0.468 e. The molecule has 15 heavy (non-hydrogen) atoms. The number of hydrogen-bond donors (Lipinski definition) is 0. The van der Waals surface area contributed by atoms with E-state index in [1.807, 2.05) is 13.8 Å². The van der Waals surface area contributed by atoms with Crippen LogP contribution >= 0.6 is 0 Å². The van der Waals surface area contributed by atoms with Gasteiger partial charge in [-0.3, -0.25) is 9.59 Å². The van der Waals surface area contributed by atoms with E-state index in [4.69, 9.17) is 4.74 Å². The zero-order valence-corrected chi connectivity index (χ0v) is 9.53. The molecule has 0 N–H and O–H groups in total. The summed E-state index contributed by atoms with van der Waals surface area (Å²) in [5, 5.41) is 0. The Morgan fingerprint density at radius 1 is 1.27 bits per heavy atom. The normalized spacial score (nSPS) is 10.1. The van der Waals surface area contributed by atoms with E-state index in [2.05, 4.69) is 4.74 Å². The van der Waals surface area contributed by atoms with E-state index >= 15 is 0 Å². The van der Waals surface area contributed by atoms with Crippen molar-refractivity contribution in [1.82, 2.24) is 0 Å². The summed E-state index contributed by atoms with van der Waals surface area (Å²) >= 11 is 0. The Bertz CT molecular complexity index is 177. The quantitative estimate of drug-likeness (QED) is 0.335. The van der Waals surface area contributed by atoms with Gasteiger partial charge in [-0.15, -0.1) is 0 Å². The topological polar surface area (TPSA) is 52.6 Å². The summed E-state index contributed by atoms with van der Waals surface area (Å²) in [4.78, 5) is 20.9. The van der Waals surface area contributed by atoms with Crippen molar-refractivity contribution in [3.63, 3.8) is 0 Å². The number of carbonyl (C=O) groups excluding carboxylic acids is 2. The number of unbranched alkanes of at least 4 members (excludes halogenated alkanes) is 2. The predicted octanol–water partition coefficient (Wildman–Crippen LogP) is 1.92. The van der Waals surface area contributed by atoms with Crippen LogP contribution in [0.2, 0.25) is 0 Å². The minimum atomic E-state index is -0.139. The average molecular weight is 216 g/mol. The highest BCUT2D eigenvalue weighted by Crippen LogP contribution is 2.02. The zero-order chi connectivity index (χ0) is 11.5. The van der Waals surface area contributed by atoms with Crippen molar-refractivity contribution in [3.8, 4) is 0 Å². The van der Waals surface area contributed by atoms with Crippen molar-refractivity contribution >= 4 is 12.4 Å². The van der Waals surface area contributed by atoms with Crippen molar-refractivity contribution in [2.75, 3.05) is 13.2 Å². The van der Waals surface area contributed by atoms with Crippen LogP contribution in [-0.2, 0) is 19.1 Å². The number of carbonyl (C=O) groups is 2. The van der Waals surface area contributed by atoms with Gasteiger partial charge in [-0.1, -0.05) is 13.8 Å². The van der Waals surface area contributed by atoms with Crippen LogP contribution in [0.15, 0.2) is 0 Å². The minimum absolute atomic E-state index is 0.139. The second kappa shape index (κ2) is 9.49. The molecule has 0 aromatic rings. The number of ether oxygens (including phenoxy) is 2. The summed E-state index contributed by atoms with van der Waals surface area (Å²) in [6.45, 7) is 5.38. The summed E-state index contributed by atoms with van der Waals surface area (Å²) in [6, 6.07) is 0. The molecule has 88 valence electrons. The van der Waals surface area contributed by atoms with E-state index in [9.17, 15) is 9.59 Å². The Balaban J connectivity index is 3.20. The molecule has 4 heteroatoms. The lowest BCUT2D eigenvalue weighted by atomic mass is 10.2. The molecule has 0 aliphatic rings. The first kappa shape index (κ1) is 13.9. The molecule has 0 bridgehead atoms. The lowest BCUT2D eigenvalue weighted by molar-refractivity contribution is -0.145. The number of hydrogen-bond acceptors (Lipinski definition) is 4. The SMILES string of the molecule is CC(C)COC(=O)CCCCCOC=O. The molecule has 0 aromatic heterocycles. The lowest BCUT2D eigenvalue weighted by Gasteiger charge is -2.06. The summed E-state index contributed by atoms with van der Waals surface area (Å²) in [6.07, 6.45) is 2.92. The third kappa shape index (κ3) is 10.9. The van der Waals surface area contributed by atoms with Crippen molar-refractivity contribution in [2.45, 2.75) is 39.5 Å². The molecule has 0 heterocycles. The van der Waals surface area contributed by atoms with E-state index in [0.29, 0.717) is 32.0 Å². The zero-order valence-electron chi connectivity index (χ0n) is 9.53. The molecule has 0 rings (SSSR count). The standard InChI is InChI=1S/C11H20O4/c1-10(2)8-15-11(13)6-4-3-5-7-14-9-12/h9-10H,3-8H2,1-2H3. The highest BCUT2D eigenvalue weighted by atomic mass is 16.5. The van der Waals surface area contributed by atoms with Gasteiger partial charge in [0.05, 0.1) is 13.2 Å². The third-order valence-corrected chi connectivity index (χ3v) is 1.79. The first-order valence-corrected chi connectivity index (χ1v) is 5.37. The van der Waals surface area contributed by atoms with Gasteiger partial charge in [-0.2, -0.15) is 0 Å². The van der Waals surface area contributed by atoms with E-state index < -0.39 is 0 Å². The van der Waals surface area contributed by atoms with Gasteiger partial charge in [-0.25, -0.2) is 0 Å². The molecule has 0 spiro atoms. The predicted molar refractivity (Wildman–Crippen MR) is 56.3 cm³/mol. The molecule has 0 radical (unpaired) electrons. The van der Waals surface area contributed by atoms with E-state index in [-0.39, 0.29) is 5.97 Å². The first-order chi connectivity index (χ1) is 7.16. The highest BCUT2D eigenvalue weighted by molar-refractivity contribution is 5.69. The van der Waals surface area contributed by atoms with Crippen LogP contribution in [0, 0.1) is 5.92 Å². The first-order valence-electron chi connectivity index (χ1n) is 5.37. The van der Waals surface area contributed by atoms with Crippen LogP contribution in [0.4, 0.5) is 0 Å². The molecule has 0 aliphatic heterocycles. The molecule has 0 aliphatic carbocycles. The summed E-state index contributed by atoms with van der Waals surface area (Å²) in [7, 11) is 0. The van der Waals surface area contributed by atoms with Gasteiger partial charge in [0.2, 0.25) is 0 Å². The maximum absolute atomic E-state index is 11.1. The third-order valence-electron chi connectivity index (χ3n) is 1.79. The Morgan fingerprint density at radius 2 is 2.00 bits per heavy atom. The molecule has 0 amide bonds. The van der Waals surface area contributed by atoms with Gasteiger partial charge in [0, 0.05) is 6.42 Å². The van der Waals surface area contributed by atoms with Crippen molar-refractivity contribution in [2.24, 2.45) is 5.92 Å². The van der Waals surface area contributed by atoms with E-state index in [1.165, 1.54) is 0 Å². The van der Waals surface area contributed by atoms with Gasteiger partial charge >= 0.3 is 5.97 Å². The second-order valence-corrected chi connectivity index (χ2v) is 3.85. The fourth-order valence-corrected chi connectivity index (χ4v) is 1.01. The van der Waals surface area contributed by atoms with E-state index in [0.717, 1.165) is 19.3 Å². The molecular formula is C11H20O4. The summed E-state index contributed by atoms with van der Waals surface area (Å²) < 4.78 is 9.53. The lowest BCUT2D eigenvalue weighted by Crippen LogP contribution is -2.09. The summed E-state index contributed by atoms with van der Waals surface area (Å²) in [5.74, 6) is 0.245. The van der Waals surface area contributed by atoms with Crippen molar-refractivity contribution in [3.05, 3.63) is 0 Å². The molecular weight excluding hydrogens is 196 g/mol. The van der Waals surface area contributed by atoms with Gasteiger partial charge in [0.25, 0.3) is 6.47 Å². The van der Waals surface area contributed by atoms with Crippen molar-refractivity contribution in [1.29, 1.82) is 0 Å². The van der Waals surface area contributed by atoms with Crippen LogP contribution in [0.3, 0.4) is 0 Å². The van der Waals surface area contributed by atoms with Crippen LogP contribution in [0.1, 0.15) is 39.5 Å². The van der Waals surface area contributed by atoms with Gasteiger partial charge in [0.15, 0.2) is 0 Å². The fourth-order valence-electron chi connectivity index (χ4n) is 1.01. The highest BCUT2D eigenvalue weighted by Gasteiger charge is 2.03. The van der Waals surface area contributed by atoms with Gasteiger partial charge < -0.3 is 9.47 Å². The Kier molecular flexibility index (Phi) is 8.82. The van der Waals surface area contributed by atoms with Gasteiger partial charge in [-0.05, 0) is 25.2 Å². The maximum atomic E-state index is 11.1. The second-order valence-electron chi connectivity index (χ2n) is 3.85. The maximum Gasteiger partial charge on any atom is 0.305 e. The largest absolute Gasteiger partial charge is 0.468 e. The average Bonchev–Trinajstić information content (AvgIpc) is 2.20. The van der Waals surface area contributed by atoms with Crippen LogP contribution in [-0.4, -0.2) is 25.7 Å². The molecule has 0 atom stereocenters. The summed E-state index contributed by atoms with van der Waals surface area (Å²) in [5.41, 5.74) is 0. The Labute approximate surface area is 90.9 Å². The van der Waals surface area contributed by atoms with Crippen LogP contribution in [0.25, 0.3) is 0 Å². The fraction of sp³-hybridized carbons (Fsp3) is 0.818. The number of rotatable bonds is 9. The molecule has 0 saturated heterocycles. The van der Waals surface area contributed by atoms with E-state index in [1.54, 1.807) is 0 Å². The van der Waals surface area contributed by atoms with Crippen LogP contribution in [0.5, 0.6) is 0 Å². The Hall–Kier alpha value is -1.06. The molecule has 0 unspecified atom stereocenters. The monoisotopic (exact) mass is 216 g/mol. The van der Waals surface area contributed by atoms with Gasteiger partial charge in [0.1, 0.15) is 0 Å².